The van der Waals surface area contributed by atoms with Crippen LogP contribution < -0.4 is 10.4 Å². The van der Waals surface area contributed by atoms with Crippen molar-refractivity contribution in [2.45, 2.75) is 79.2 Å². The van der Waals surface area contributed by atoms with E-state index in [0.29, 0.717) is 6.61 Å². The molecule has 0 atom stereocenters. The summed E-state index contributed by atoms with van der Waals surface area (Å²) in [5.41, 5.74) is 3.86. The Morgan fingerprint density at radius 2 is 1.27 bits per heavy atom. The standard InChI is InChI=1S/C31H44OSi/c1-26(2)16-14-17-27(3)18-15-19-28(4)24-25-32-33(31(5,6)7,29-20-10-8-11-21-29)30-22-12-9-13-23-30/h8-13,16,18,20-24H,14-15,17,19,25H2,1-7H3/b27-18+,28-24+/i16T. The Labute approximate surface area is 205 Å². The lowest BCUT2D eigenvalue weighted by Gasteiger charge is -2.42. The number of rotatable bonds is 11. The molecule has 0 aliphatic carbocycles. The van der Waals surface area contributed by atoms with Gasteiger partial charge in [-0.05, 0) is 68.8 Å². The summed E-state index contributed by atoms with van der Waals surface area (Å²) in [7, 11) is -2.47. The molecule has 2 rings (SSSR count). The predicted octanol–water partition coefficient (Wildman–Crippen LogP) is 7.98. The molecule has 0 aliphatic heterocycles. The molecule has 0 saturated heterocycles. The van der Waals surface area contributed by atoms with Crippen molar-refractivity contribution in [1.82, 2.24) is 0 Å². The number of allylic oxidation sites excluding steroid dienone is 5. The lowest BCUT2D eigenvalue weighted by molar-refractivity contribution is 0.338. The molecule has 2 aromatic carbocycles. The van der Waals surface area contributed by atoms with Crippen molar-refractivity contribution in [3.8, 4) is 0 Å². The monoisotopic (exact) mass is 462 g/mol. The summed E-state index contributed by atoms with van der Waals surface area (Å²) in [6, 6.07) is 22.4. The average molecular weight is 463 g/mol. The van der Waals surface area contributed by atoms with Gasteiger partial charge in [-0.25, -0.2) is 0 Å². The highest BCUT2D eigenvalue weighted by atomic mass is 28.4. The Morgan fingerprint density at radius 3 is 1.76 bits per heavy atom. The van der Waals surface area contributed by atoms with Crippen LogP contribution in [0, 0.1) is 0 Å². The van der Waals surface area contributed by atoms with E-state index in [1.165, 1.54) is 21.5 Å². The van der Waals surface area contributed by atoms with Crippen molar-refractivity contribution in [2.75, 3.05) is 6.61 Å². The summed E-state index contributed by atoms with van der Waals surface area (Å²) < 4.78 is 15.0. The van der Waals surface area contributed by atoms with Crippen LogP contribution in [0.5, 0.6) is 0 Å². The van der Waals surface area contributed by atoms with Crippen molar-refractivity contribution < 1.29 is 5.80 Å². The van der Waals surface area contributed by atoms with Crippen LogP contribution in [0.3, 0.4) is 0 Å². The number of benzene rings is 2. The highest BCUT2D eigenvalue weighted by Crippen LogP contribution is 2.36. The van der Waals surface area contributed by atoms with Gasteiger partial charge in [0.25, 0.3) is 8.32 Å². The van der Waals surface area contributed by atoms with Crippen LogP contribution in [0.4, 0.5) is 0 Å². The van der Waals surface area contributed by atoms with Crippen LogP contribution in [0.2, 0.25) is 5.04 Å². The predicted molar refractivity (Wildman–Crippen MR) is 149 cm³/mol. The van der Waals surface area contributed by atoms with Gasteiger partial charge in [0.05, 0.1) is 7.98 Å². The summed E-state index contributed by atoms with van der Waals surface area (Å²) in [5, 5.41) is 2.64. The fourth-order valence-electron chi connectivity index (χ4n) is 4.33. The summed E-state index contributed by atoms with van der Waals surface area (Å²) in [6.07, 6.45) is 8.50. The topological polar surface area (TPSA) is 9.23 Å². The Hall–Kier alpha value is -2.16. The smallest absolute Gasteiger partial charge is 0.261 e. The number of hydrogen-bond acceptors (Lipinski definition) is 1. The van der Waals surface area contributed by atoms with Gasteiger partial charge in [-0.3, -0.25) is 0 Å². The highest BCUT2D eigenvalue weighted by Gasteiger charge is 2.49. The van der Waals surface area contributed by atoms with E-state index < -0.39 is 8.32 Å². The largest absolute Gasteiger partial charge is 0.404 e. The molecule has 0 unspecified atom stereocenters. The van der Waals surface area contributed by atoms with Crippen molar-refractivity contribution in [2.24, 2.45) is 0 Å². The van der Waals surface area contributed by atoms with Gasteiger partial charge >= 0.3 is 0 Å². The Bertz CT molecular complexity index is 938. The van der Waals surface area contributed by atoms with E-state index >= 15 is 0 Å². The van der Waals surface area contributed by atoms with E-state index in [9.17, 15) is 0 Å². The van der Waals surface area contributed by atoms with Gasteiger partial charge in [-0.2, -0.15) is 0 Å². The molecule has 0 saturated carbocycles. The second kappa shape index (κ2) is 12.9. The van der Waals surface area contributed by atoms with Crippen molar-refractivity contribution in [1.29, 1.82) is 0 Å². The fraction of sp³-hybridized carbons (Fsp3) is 0.419. The van der Waals surface area contributed by atoms with Crippen LogP contribution in [-0.2, 0) is 4.43 Å². The first kappa shape index (κ1) is 25.5. The molecule has 1 nitrogen and oxygen atoms in total. The second-order valence-corrected chi connectivity index (χ2v) is 14.6. The van der Waals surface area contributed by atoms with Crippen LogP contribution in [-0.4, -0.2) is 14.9 Å². The third-order valence-corrected chi connectivity index (χ3v) is 11.2. The molecule has 33 heavy (non-hydrogen) atoms. The lowest BCUT2D eigenvalue weighted by Crippen LogP contribution is -2.66. The maximum Gasteiger partial charge on any atom is 0.261 e. The van der Waals surface area contributed by atoms with E-state index in [4.69, 9.17) is 5.80 Å². The molecule has 0 N–H and O–H groups in total. The van der Waals surface area contributed by atoms with E-state index in [1.807, 2.05) is 13.8 Å². The van der Waals surface area contributed by atoms with E-state index in [1.54, 1.807) is 0 Å². The first-order valence-electron chi connectivity index (χ1n) is 12.8. The summed E-state index contributed by atoms with van der Waals surface area (Å²) in [6.45, 7) is 16.0. The zero-order valence-corrected chi connectivity index (χ0v) is 22.9. The van der Waals surface area contributed by atoms with E-state index in [2.05, 4.69) is 107 Å². The maximum absolute atomic E-state index is 7.99. The lowest BCUT2D eigenvalue weighted by atomic mass is 10.1. The molecule has 0 amide bonds. The van der Waals surface area contributed by atoms with Crippen molar-refractivity contribution >= 4 is 18.7 Å². The van der Waals surface area contributed by atoms with Crippen LogP contribution in [0.1, 0.15) is 75.5 Å². The van der Waals surface area contributed by atoms with Crippen LogP contribution in [0.15, 0.2) is 95.6 Å². The zero-order valence-electron chi connectivity index (χ0n) is 22.9. The molecule has 0 aromatic heterocycles. The molecule has 0 aliphatic rings. The summed E-state index contributed by atoms with van der Waals surface area (Å²) >= 11 is 0. The Morgan fingerprint density at radius 1 is 0.788 bits per heavy atom. The Balaban J connectivity index is 2.12. The van der Waals surface area contributed by atoms with Crippen LogP contribution >= 0.6 is 0 Å². The minimum absolute atomic E-state index is 0.000701. The molecule has 2 heteroatoms. The van der Waals surface area contributed by atoms with E-state index in [0.717, 1.165) is 37.3 Å². The third kappa shape index (κ3) is 7.98. The molecule has 0 heterocycles. The maximum atomic E-state index is 7.99. The van der Waals surface area contributed by atoms with Gasteiger partial charge in [-0.1, -0.05) is 116 Å². The van der Waals surface area contributed by atoms with Gasteiger partial charge in [0.1, 0.15) is 0 Å². The molecular formula is C31H44OSi. The second-order valence-electron chi connectivity index (χ2n) is 10.3. The molecule has 0 bridgehead atoms. The van der Waals surface area contributed by atoms with Crippen LogP contribution in [0.25, 0.3) is 0 Å². The molecule has 0 fully saturated rings. The minimum atomic E-state index is -2.47. The minimum Gasteiger partial charge on any atom is -0.404 e. The van der Waals surface area contributed by atoms with Gasteiger partial charge < -0.3 is 4.43 Å². The van der Waals surface area contributed by atoms with Gasteiger partial charge in [0.15, 0.2) is 0 Å². The summed E-state index contributed by atoms with van der Waals surface area (Å²) in [5.74, 6) is 0. The molecule has 178 valence electrons. The van der Waals surface area contributed by atoms with Gasteiger partial charge in [0, 0.05) is 0 Å². The van der Waals surface area contributed by atoms with Gasteiger partial charge in [-0.15, -0.1) is 0 Å². The molecule has 0 spiro atoms. The van der Waals surface area contributed by atoms with E-state index in [-0.39, 0.29) is 5.04 Å². The SMILES string of the molecule is [3H]C(CC/C(C)=C/CC/C(C)=C/CO[Si](c1ccccc1)(c1ccccc1)C(C)(C)C)=C(C)C. The quantitative estimate of drug-likeness (QED) is 0.243. The average Bonchev–Trinajstić information content (AvgIpc) is 2.80. The number of hydrogen-bond donors (Lipinski definition) is 0. The van der Waals surface area contributed by atoms with Crippen molar-refractivity contribution in [3.05, 3.63) is 95.6 Å². The first-order chi connectivity index (χ1) is 16.1. The molecular weight excluding hydrogens is 416 g/mol. The normalized spacial score (nSPS) is 13.6. The Kier molecular flexibility index (Phi) is 9.96. The fourth-order valence-corrected chi connectivity index (χ4v) is 8.82. The highest BCUT2D eigenvalue weighted by molar-refractivity contribution is 6.99. The molecule has 2 aromatic rings. The third-order valence-electron chi connectivity index (χ3n) is 6.18. The van der Waals surface area contributed by atoms with Crippen molar-refractivity contribution in [3.63, 3.8) is 0 Å². The molecule has 0 radical (unpaired) electrons. The van der Waals surface area contributed by atoms with Gasteiger partial charge in [0.2, 0.25) is 0 Å². The zero-order chi connectivity index (χ0) is 25.2. The summed E-state index contributed by atoms with van der Waals surface area (Å²) in [4.78, 5) is 0. The first-order valence-corrected chi connectivity index (χ1v) is 14.2.